The molecule has 3 amide bonds. The maximum absolute atomic E-state index is 13.7. The highest BCUT2D eigenvalue weighted by atomic mass is 32.2. The molecule has 12 heteroatoms. The minimum Gasteiger partial charge on any atom is -0.497 e. The van der Waals surface area contributed by atoms with Crippen molar-refractivity contribution in [3.63, 3.8) is 0 Å². The van der Waals surface area contributed by atoms with E-state index < -0.39 is 28.5 Å². The highest BCUT2D eigenvalue weighted by Crippen LogP contribution is 2.45. The lowest BCUT2D eigenvalue weighted by Crippen LogP contribution is -2.58. The molecule has 3 unspecified atom stereocenters. The number of benzene rings is 2. The molecule has 0 spiro atoms. The van der Waals surface area contributed by atoms with Crippen LogP contribution in [0.1, 0.15) is 71.6 Å². The number of carbonyl (C=O) groups excluding carboxylic acids is 3. The van der Waals surface area contributed by atoms with Gasteiger partial charge >= 0.3 is 0 Å². The quantitative estimate of drug-likeness (QED) is 0.220. The van der Waals surface area contributed by atoms with Crippen molar-refractivity contribution >= 4 is 39.6 Å². The Bertz CT molecular complexity index is 1890. The number of H-pyrrole nitrogens is 1. The Balaban J connectivity index is 0.000000213. The number of amides is 3. The third kappa shape index (κ3) is 8.92. The zero-order chi connectivity index (χ0) is 37.7. The maximum Gasteiger partial charge on any atom is 0.258 e. The van der Waals surface area contributed by atoms with E-state index in [-0.39, 0.29) is 34.5 Å². The summed E-state index contributed by atoms with van der Waals surface area (Å²) in [5.74, 6) is 0.262. The number of hydrogen-bond donors (Lipinski definition) is 3. The first kappa shape index (κ1) is 38.4. The Morgan fingerprint density at radius 3 is 2.40 bits per heavy atom. The first-order chi connectivity index (χ1) is 25.5. The van der Waals surface area contributed by atoms with Gasteiger partial charge in [-0.25, -0.2) is 4.21 Å². The summed E-state index contributed by atoms with van der Waals surface area (Å²) in [6.45, 7) is 10.5. The smallest absolute Gasteiger partial charge is 0.258 e. The number of aromatic amines is 1. The third-order valence-electron chi connectivity index (χ3n) is 10.8. The van der Waals surface area contributed by atoms with Crippen molar-refractivity contribution in [1.29, 1.82) is 0 Å². The van der Waals surface area contributed by atoms with E-state index >= 15 is 0 Å². The predicted molar refractivity (Wildman–Crippen MR) is 208 cm³/mol. The molecule has 0 bridgehead atoms. The van der Waals surface area contributed by atoms with E-state index in [1.165, 1.54) is 6.42 Å². The van der Waals surface area contributed by atoms with E-state index in [0.717, 1.165) is 74.1 Å². The third-order valence-corrected chi connectivity index (χ3v) is 12.3. The van der Waals surface area contributed by atoms with Gasteiger partial charge in [0.05, 0.1) is 23.9 Å². The van der Waals surface area contributed by atoms with Crippen molar-refractivity contribution in [2.45, 2.75) is 94.5 Å². The van der Waals surface area contributed by atoms with Gasteiger partial charge in [0, 0.05) is 35.7 Å². The number of piperidine rings is 1. The van der Waals surface area contributed by atoms with E-state index in [1.54, 1.807) is 36.3 Å². The van der Waals surface area contributed by atoms with Gasteiger partial charge in [0.1, 0.15) is 28.3 Å². The Kier molecular flexibility index (Phi) is 12.2. The number of carbonyl (C=O) groups is 3. The number of nitrogens with zero attached hydrogens (tertiary/aromatic N) is 2. The van der Waals surface area contributed by atoms with E-state index in [9.17, 15) is 23.4 Å². The van der Waals surface area contributed by atoms with Gasteiger partial charge in [0.15, 0.2) is 5.43 Å². The number of rotatable bonds is 12. The van der Waals surface area contributed by atoms with Gasteiger partial charge in [-0.1, -0.05) is 56.7 Å². The highest BCUT2D eigenvalue weighted by molar-refractivity contribution is 7.84. The lowest BCUT2D eigenvalue weighted by Gasteiger charge is -2.38. The molecule has 2 aromatic carbocycles. The molecule has 2 aliphatic carbocycles. The van der Waals surface area contributed by atoms with Crippen LogP contribution in [0.4, 0.5) is 0 Å². The molecular formula is C41H53N5O6S. The monoisotopic (exact) mass is 743 g/mol. The first-order valence-electron chi connectivity index (χ1n) is 19.0. The number of aromatic nitrogens is 1. The minimum atomic E-state index is -1.42. The Labute approximate surface area is 314 Å². The van der Waals surface area contributed by atoms with Gasteiger partial charge < -0.3 is 19.9 Å². The van der Waals surface area contributed by atoms with Crippen LogP contribution in [0.15, 0.2) is 72.0 Å². The number of fused-ring (bicyclic) bond motifs is 1. The highest BCUT2D eigenvalue weighted by Gasteiger charge is 2.61. The zero-order valence-corrected chi connectivity index (χ0v) is 31.9. The molecule has 3 N–H and O–H groups in total. The Morgan fingerprint density at radius 2 is 1.75 bits per heavy atom. The molecule has 0 radical (unpaired) electrons. The van der Waals surface area contributed by atoms with Crippen molar-refractivity contribution in [2.24, 2.45) is 11.8 Å². The number of ether oxygens (including phenoxy) is 1. The van der Waals surface area contributed by atoms with Crippen LogP contribution in [-0.2, 0) is 25.4 Å². The molecule has 4 aliphatic rings. The van der Waals surface area contributed by atoms with Gasteiger partial charge in [-0.15, -0.1) is 6.58 Å². The fraction of sp³-hybridized carbons (Fsp3) is 0.512. The van der Waals surface area contributed by atoms with Gasteiger partial charge in [0.2, 0.25) is 11.8 Å². The van der Waals surface area contributed by atoms with Crippen molar-refractivity contribution in [3.05, 3.63) is 77.5 Å². The van der Waals surface area contributed by atoms with Crippen LogP contribution < -0.4 is 20.2 Å². The van der Waals surface area contributed by atoms with Crippen LogP contribution in [-0.4, -0.2) is 86.3 Å². The number of pyridine rings is 1. The number of methoxy groups -OCH3 is 1. The molecule has 5 atom stereocenters. The van der Waals surface area contributed by atoms with Crippen LogP contribution in [0, 0.1) is 11.8 Å². The lowest BCUT2D eigenvalue weighted by atomic mass is 9.98. The number of likely N-dealkylation sites (tertiary alicyclic amines) is 2. The average molecular weight is 744 g/mol. The van der Waals surface area contributed by atoms with Gasteiger partial charge in [-0.05, 0) is 88.1 Å². The van der Waals surface area contributed by atoms with Crippen LogP contribution in [0.2, 0.25) is 0 Å². The number of nitrogens with one attached hydrogen (secondary N) is 3. The Morgan fingerprint density at radius 1 is 1.02 bits per heavy atom. The van der Waals surface area contributed by atoms with Gasteiger partial charge in [0.25, 0.3) is 5.91 Å². The SMILES string of the molecule is C=CC1CC1(NC(=O)[C@@H]1CCCN1C(=O)[C@H](CC(C)C)N1CCCCC1)C(=O)NS(=O)C1CC1.COc1ccc2c(=O)cc(-c3ccccc3)[nH]c2c1. The molecule has 7 rings (SSSR count). The van der Waals surface area contributed by atoms with Crippen molar-refractivity contribution < 1.29 is 23.3 Å². The maximum atomic E-state index is 13.7. The minimum absolute atomic E-state index is 0.00950. The second-order valence-electron chi connectivity index (χ2n) is 15.2. The molecule has 284 valence electrons. The summed E-state index contributed by atoms with van der Waals surface area (Å²) in [7, 11) is 0.196. The van der Waals surface area contributed by atoms with Gasteiger partial charge in [-0.2, -0.15) is 0 Å². The largest absolute Gasteiger partial charge is 0.497 e. The van der Waals surface area contributed by atoms with E-state index in [0.29, 0.717) is 30.7 Å². The van der Waals surface area contributed by atoms with Crippen LogP contribution in [0.3, 0.4) is 0 Å². The number of hydrogen-bond acceptors (Lipinski definition) is 7. The summed E-state index contributed by atoms with van der Waals surface area (Å²) in [5, 5.41) is 3.64. The molecule has 3 aromatic rings. The lowest BCUT2D eigenvalue weighted by molar-refractivity contribution is -0.144. The van der Waals surface area contributed by atoms with Crippen molar-refractivity contribution in [3.8, 4) is 17.0 Å². The molecular weight excluding hydrogens is 691 g/mol. The fourth-order valence-corrected chi connectivity index (χ4v) is 8.69. The second kappa shape index (κ2) is 16.8. The molecule has 2 saturated carbocycles. The summed E-state index contributed by atoms with van der Waals surface area (Å²) in [6.07, 6.45) is 9.38. The molecule has 3 heterocycles. The first-order valence-corrected chi connectivity index (χ1v) is 20.2. The molecule has 11 nitrogen and oxygen atoms in total. The van der Waals surface area contributed by atoms with Crippen molar-refractivity contribution in [2.75, 3.05) is 26.7 Å². The van der Waals surface area contributed by atoms with Crippen LogP contribution >= 0.6 is 0 Å². The average Bonchev–Trinajstić information content (AvgIpc) is 4.10. The topological polar surface area (TPSA) is 141 Å². The van der Waals surface area contributed by atoms with E-state index in [1.807, 2.05) is 36.4 Å². The molecule has 2 saturated heterocycles. The normalized spacial score (nSPS) is 23.7. The zero-order valence-electron chi connectivity index (χ0n) is 31.1. The molecule has 4 fully saturated rings. The predicted octanol–water partition coefficient (Wildman–Crippen LogP) is 5.08. The molecule has 53 heavy (non-hydrogen) atoms. The Hall–Kier alpha value is -4.29. The van der Waals surface area contributed by atoms with E-state index in [2.05, 4.69) is 40.3 Å². The summed E-state index contributed by atoms with van der Waals surface area (Å²) in [5.41, 5.74) is 1.49. The van der Waals surface area contributed by atoms with Crippen molar-refractivity contribution in [1.82, 2.24) is 24.8 Å². The van der Waals surface area contributed by atoms with Crippen LogP contribution in [0.25, 0.3) is 22.2 Å². The second-order valence-corrected chi connectivity index (χ2v) is 16.7. The van der Waals surface area contributed by atoms with Crippen LogP contribution in [0.5, 0.6) is 5.75 Å². The summed E-state index contributed by atoms with van der Waals surface area (Å²) < 4.78 is 20.1. The molecule has 2 aliphatic heterocycles. The van der Waals surface area contributed by atoms with Gasteiger partial charge in [-0.3, -0.25) is 28.8 Å². The van der Waals surface area contributed by atoms with E-state index in [4.69, 9.17) is 4.74 Å². The molecule has 1 aromatic heterocycles. The standard InChI is InChI=1S/C25H40N4O4S.C16H13NO2/c1-4-18-16-25(18,24(32)27-34(33)19-10-11-19)26-22(30)20-9-8-14-29(20)23(31)21(15-17(2)3)28-12-6-5-7-13-28;1-19-12-7-8-13-15(9-12)17-14(10-16(13)18)11-5-3-2-4-6-11/h4,17-21H,1,5-16H2,2-3H3,(H,26,30)(H,27,32);2-10H,1H3,(H,17,18)/t18?,20-,21-,25?,34?;/m0./s1. The summed E-state index contributed by atoms with van der Waals surface area (Å²) in [4.78, 5) is 59.6. The summed E-state index contributed by atoms with van der Waals surface area (Å²) in [6, 6.07) is 16.0. The fourth-order valence-electron chi connectivity index (χ4n) is 7.59. The summed E-state index contributed by atoms with van der Waals surface area (Å²) >= 11 is 0.